The van der Waals surface area contributed by atoms with Crippen LogP contribution in [0.4, 0.5) is 0 Å². The number of aryl methyl sites for hydroxylation is 1. The molecule has 1 aromatic rings. The lowest BCUT2D eigenvalue weighted by atomic mass is 9.77. The number of hydrogen-bond acceptors (Lipinski definition) is 5. The first-order valence-electron chi connectivity index (χ1n) is 7.38. The third-order valence-corrected chi connectivity index (χ3v) is 4.45. The predicted octanol–water partition coefficient (Wildman–Crippen LogP) is -0.240. The standard InChI is InChI=1S/C13H20N6O2/c1-9-11(20)19(8-10-15-17-18(2)16-10)13(12(21)14-9)6-4-3-5-7-13/h9H,3-8H2,1-2H3,(H,14,21). The Balaban J connectivity index is 1.93. The average Bonchev–Trinajstić information content (AvgIpc) is 2.88. The Morgan fingerprint density at radius 2 is 2.00 bits per heavy atom. The summed E-state index contributed by atoms with van der Waals surface area (Å²) >= 11 is 0. The van der Waals surface area contributed by atoms with E-state index in [1.54, 1.807) is 18.9 Å². The van der Waals surface area contributed by atoms with Crippen LogP contribution in [0.3, 0.4) is 0 Å². The summed E-state index contributed by atoms with van der Waals surface area (Å²) < 4.78 is 0. The minimum Gasteiger partial charge on any atom is -0.343 e. The van der Waals surface area contributed by atoms with Gasteiger partial charge in [0.1, 0.15) is 11.6 Å². The van der Waals surface area contributed by atoms with E-state index in [0.29, 0.717) is 18.7 Å². The van der Waals surface area contributed by atoms with Gasteiger partial charge in [-0.1, -0.05) is 19.3 Å². The van der Waals surface area contributed by atoms with E-state index in [1.807, 2.05) is 0 Å². The van der Waals surface area contributed by atoms with Gasteiger partial charge in [0.25, 0.3) is 0 Å². The molecule has 2 amide bonds. The molecule has 1 saturated carbocycles. The van der Waals surface area contributed by atoms with Crippen molar-refractivity contribution in [3.05, 3.63) is 5.82 Å². The van der Waals surface area contributed by atoms with E-state index in [1.165, 1.54) is 4.80 Å². The van der Waals surface area contributed by atoms with Crippen molar-refractivity contribution in [1.82, 2.24) is 30.4 Å². The molecule has 21 heavy (non-hydrogen) atoms. The van der Waals surface area contributed by atoms with E-state index in [9.17, 15) is 9.59 Å². The molecule has 0 radical (unpaired) electrons. The number of amides is 2. The van der Waals surface area contributed by atoms with Crippen molar-refractivity contribution in [1.29, 1.82) is 0 Å². The zero-order chi connectivity index (χ0) is 15.0. The summed E-state index contributed by atoms with van der Waals surface area (Å²) in [6.45, 7) is 1.96. The highest BCUT2D eigenvalue weighted by molar-refractivity contribution is 5.99. The summed E-state index contributed by atoms with van der Waals surface area (Å²) in [7, 11) is 1.68. The van der Waals surface area contributed by atoms with Crippen LogP contribution < -0.4 is 5.32 Å². The second kappa shape index (κ2) is 5.09. The van der Waals surface area contributed by atoms with Gasteiger partial charge in [-0.3, -0.25) is 9.59 Å². The Labute approximate surface area is 122 Å². The molecule has 0 bridgehead atoms. The summed E-state index contributed by atoms with van der Waals surface area (Å²) in [6.07, 6.45) is 4.43. The minimum absolute atomic E-state index is 0.0433. The van der Waals surface area contributed by atoms with Gasteiger partial charge in [-0.25, -0.2) is 0 Å². The molecule has 1 aliphatic carbocycles. The van der Waals surface area contributed by atoms with Crippen LogP contribution in [0.5, 0.6) is 0 Å². The highest BCUT2D eigenvalue weighted by atomic mass is 16.2. The quantitative estimate of drug-likeness (QED) is 0.812. The number of rotatable bonds is 2. The highest BCUT2D eigenvalue weighted by Gasteiger charge is 2.51. The first kappa shape index (κ1) is 14.0. The van der Waals surface area contributed by atoms with Gasteiger partial charge in [0, 0.05) is 0 Å². The molecule has 2 fully saturated rings. The summed E-state index contributed by atoms with van der Waals surface area (Å²) in [5, 5.41) is 14.7. The Kier molecular flexibility index (Phi) is 3.38. The highest BCUT2D eigenvalue weighted by Crippen LogP contribution is 2.37. The normalized spacial score (nSPS) is 25.2. The topological polar surface area (TPSA) is 93.0 Å². The predicted molar refractivity (Wildman–Crippen MR) is 72.8 cm³/mol. The molecule has 8 heteroatoms. The van der Waals surface area contributed by atoms with Gasteiger partial charge in [-0.15, -0.1) is 10.2 Å². The number of carbonyl (C=O) groups excluding carboxylic acids is 2. The molecular formula is C13H20N6O2. The van der Waals surface area contributed by atoms with Crippen molar-refractivity contribution in [2.24, 2.45) is 7.05 Å². The molecule has 1 aliphatic heterocycles. The molecule has 114 valence electrons. The van der Waals surface area contributed by atoms with Gasteiger partial charge in [-0.2, -0.15) is 4.80 Å². The van der Waals surface area contributed by atoms with Crippen LogP contribution in [0.25, 0.3) is 0 Å². The Bertz CT molecular complexity index is 563. The zero-order valence-electron chi connectivity index (χ0n) is 12.4. The number of tetrazole rings is 1. The van der Waals surface area contributed by atoms with Gasteiger partial charge in [0.15, 0.2) is 5.82 Å². The summed E-state index contributed by atoms with van der Waals surface area (Å²) in [4.78, 5) is 28.2. The number of aromatic nitrogens is 4. The molecule has 1 N–H and O–H groups in total. The van der Waals surface area contributed by atoms with Crippen molar-refractivity contribution in [3.8, 4) is 0 Å². The monoisotopic (exact) mass is 292 g/mol. The molecule has 3 rings (SSSR count). The third kappa shape index (κ3) is 2.28. The lowest BCUT2D eigenvalue weighted by Gasteiger charge is -2.49. The van der Waals surface area contributed by atoms with Crippen LogP contribution in [-0.4, -0.2) is 48.5 Å². The van der Waals surface area contributed by atoms with Crippen LogP contribution in [0.1, 0.15) is 44.9 Å². The fourth-order valence-electron chi connectivity index (χ4n) is 3.35. The summed E-state index contributed by atoms with van der Waals surface area (Å²) in [5.74, 6) is 0.361. The second-order valence-electron chi connectivity index (χ2n) is 5.91. The van der Waals surface area contributed by atoms with Crippen LogP contribution in [0.15, 0.2) is 0 Å². The van der Waals surface area contributed by atoms with Gasteiger partial charge < -0.3 is 10.2 Å². The fourth-order valence-corrected chi connectivity index (χ4v) is 3.35. The van der Waals surface area contributed by atoms with E-state index < -0.39 is 11.6 Å². The molecule has 1 atom stereocenters. The second-order valence-corrected chi connectivity index (χ2v) is 5.91. The number of carbonyl (C=O) groups is 2. The third-order valence-electron chi connectivity index (χ3n) is 4.45. The maximum absolute atomic E-state index is 12.6. The molecule has 1 unspecified atom stereocenters. The zero-order valence-corrected chi connectivity index (χ0v) is 12.4. The smallest absolute Gasteiger partial charge is 0.246 e. The van der Waals surface area contributed by atoms with E-state index >= 15 is 0 Å². The van der Waals surface area contributed by atoms with E-state index in [0.717, 1.165) is 19.3 Å². The summed E-state index contributed by atoms with van der Waals surface area (Å²) in [6, 6.07) is -0.498. The molecule has 2 heterocycles. The molecule has 8 nitrogen and oxygen atoms in total. The van der Waals surface area contributed by atoms with Crippen LogP contribution in [-0.2, 0) is 23.2 Å². The molecule has 1 aromatic heterocycles. The van der Waals surface area contributed by atoms with Crippen LogP contribution in [0, 0.1) is 0 Å². The van der Waals surface area contributed by atoms with E-state index in [2.05, 4.69) is 20.7 Å². The van der Waals surface area contributed by atoms with Crippen molar-refractivity contribution < 1.29 is 9.59 Å². The Morgan fingerprint density at radius 1 is 1.29 bits per heavy atom. The van der Waals surface area contributed by atoms with Crippen molar-refractivity contribution in [3.63, 3.8) is 0 Å². The van der Waals surface area contributed by atoms with E-state index in [-0.39, 0.29) is 18.4 Å². The lowest BCUT2D eigenvalue weighted by molar-refractivity contribution is -0.160. The molecule has 0 aromatic carbocycles. The first-order chi connectivity index (χ1) is 10.0. The Morgan fingerprint density at radius 3 is 2.62 bits per heavy atom. The fraction of sp³-hybridized carbons (Fsp3) is 0.769. The Hall–Kier alpha value is -1.99. The van der Waals surface area contributed by atoms with Crippen LogP contribution >= 0.6 is 0 Å². The first-order valence-corrected chi connectivity index (χ1v) is 7.38. The molecule has 1 saturated heterocycles. The van der Waals surface area contributed by atoms with Gasteiger partial charge >= 0.3 is 0 Å². The van der Waals surface area contributed by atoms with Gasteiger partial charge in [0.2, 0.25) is 11.8 Å². The summed E-state index contributed by atoms with van der Waals surface area (Å²) in [5.41, 5.74) is -0.735. The largest absolute Gasteiger partial charge is 0.343 e. The maximum atomic E-state index is 12.6. The number of nitrogens with zero attached hydrogens (tertiary/aromatic N) is 5. The van der Waals surface area contributed by atoms with Crippen molar-refractivity contribution >= 4 is 11.8 Å². The van der Waals surface area contributed by atoms with Crippen molar-refractivity contribution in [2.45, 2.75) is 57.2 Å². The molecule has 2 aliphatic rings. The number of hydrogen-bond donors (Lipinski definition) is 1. The number of piperazine rings is 1. The molecule has 1 spiro atoms. The average molecular weight is 292 g/mol. The van der Waals surface area contributed by atoms with Crippen molar-refractivity contribution in [2.75, 3.05) is 0 Å². The number of nitrogens with one attached hydrogen (secondary N) is 1. The van der Waals surface area contributed by atoms with E-state index in [4.69, 9.17) is 0 Å². The molecular weight excluding hydrogens is 272 g/mol. The SMILES string of the molecule is CC1NC(=O)C2(CCCCC2)N(Cc2nnn(C)n2)C1=O. The van der Waals surface area contributed by atoms with Gasteiger partial charge in [0.05, 0.1) is 13.6 Å². The lowest BCUT2D eigenvalue weighted by Crippen LogP contribution is -2.70. The van der Waals surface area contributed by atoms with Gasteiger partial charge in [-0.05, 0) is 25.0 Å². The van der Waals surface area contributed by atoms with Crippen LogP contribution in [0.2, 0.25) is 0 Å². The maximum Gasteiger partial charge on any atom is 0.246 e. The minimum atomic E-state index is -0.735.